The van der Waals surface area contributed by atoms with Crippen LogP contribution in [0, 0.1) is 0 Å². The molecule has 0 aliphatic heterocycles. The number of hydrogen-bond acceptors (Lipinski definition) is 6. The molecule has 0 atom stereocenters. The number of nitrogens with two attached hydrogens (primary N) is 1. The van der Waals surface area contributed by atoms with Crippen molar-refractivity contribution >= 4 is 17.2 Å². The summed E-state index contributed by atoms with van der Waals surface area (Å²) in [6.07, 6.45) is 0. The number of aliphatic hydroxyl groups excluding tert-OH is 3. The zero-order valence-electron chi connectivity index (χ0n) is 10.2. The van der Waals surface area contributed by atoms with Gasteiger partial charge >= 0.3 is 0 Å². The average molecular weight is 254 g/mol. The van der Waals surface area contributed by atoms with E-state index in [9.17, 15) is 20.1 Å². The molecule has 1 rings (SSSR count). The van der Waals surface area contributed by atoms with Crippen LogP contribution in [-0.2, 0) is 0 Å². The molecule has 0 aromatic heterocycles. The quantitative estimate of drug-likeness (QED) is 0.348. The molecular formula is C12H18N2O4. The molecule has 1 aromatic rings. The van der Waals surface area contributed by atoms with E-state index in [1.165, 1.54) is 13.0 Å². The fourth-order valence-electron chi connectivity index (χ4n) is 1.51. The molecule has 0 bridgehead atoms. The molecule has 1 aromatic carbocycles. The molecule has 100 valence electrons. The van der Waals surface area contributed by atoms with Crippen LogP contribution in [0.1, 0.15) is 17.3 Å². The van der Waals surface area contributed by atoms with Crippen molar-refractivity contribution in [1.29, 1.82) is 0 Å². The number of hydrogen-bond donors (Lipinski definition) is 5. The minimum Gasteiger partial charge on any atom is -0.398 e. The highest BCUT2D eigenvalue weighted by atomic mass is 16.3. The summed E-state index contributed by atoms with van der Waals surface area (Å²) in [7, 11) is 0. The van der Waals surface area contributed by atoms with Crippen LogP contribution in [0.4, 0.5) is 11.4 Å². The van der Waals surface area contributed by atoms with Crippen molar-refractivity contribution in [2.75, 3.05) is 30.9 Å². The van der Waals surface area contributed by atoms with E-state index >= 15 is 0 Å². The van der Waals surface area contributed by atoms with E-state index in [1.54, 1.807) is 12.1 Å². The van der Waals surface area contributed by atoms with Crippen molar-refractivity contribution in [3.63, 3.8) is 0 Å². The predicted octanol–water partition coefficient (Wildman–Crippen LogP) is -0.401. The van der Waals surface area contributed by atoms with Crippen LogP contribution >= 0.6 is 0 Å². The van der Waals surface area contributed by atoms with Gasteiger partial charge in [0.1, 0.15) is 5.54 Å². The van der Waals surface area contributed by atoms with Crippen LogP contribution in [0.5, 0.6) is 0 Å². The number of nitrogen functional groups attached to an aromatic ring is 1. The number of rotatable bonds is 6. The normalized spacial score (nSPS) is 11.3. The lowest BCUT2D eigenvalue weighted by Gasteiger charge is -2.30. The Morgan fingerprint density at radius 3 is 2.28 bits per heavy atom. The first-order valence-corrected chi connectivity index (χ1v) is 5.49. The number of Topliss-reactive ketones (excluding diaryl/α,β-unsaturated/α-hetero) is 1. The lowest BCUT2D eigenvalue weighted by Crippen LogP contribution is -2.49. The Morgan fingerprint density at radius 2 is 1.83 bits per heavy atom. The van der Waals surface area contributed by atoms with Crippen LogP contribution in [0.2, 0.25) is 0 Å². The molecule has 0 aliphatic rings. The van der Waals surface area contributed by atoms with Gasteiger partial charge in [-0.3, -0.25) is 4.79 Å². The molecule has 6 heteroatoms. The van der Waals surface area contributed by atoms with E-state index < -0.39 is 25.4 Å². The summed E-state index contributed by atoms with van der Waals surface area (Å²) >= 11 is 0. The zero-order valence-corrected chi connectivity index (χ0v) is 10.2. The van der Waals surface area contributed by atoms with Crippen molar-refractivity contribution < 1.29 is 20.1 Å². The van der Waals surface area contributed by atoms with E-state index in [1.807, 2.05) is 0 Å². The van der Waals surface area contributed by atoms with Gasteiger partial charge in [-0.2, -0.15) is 0 Å². The maximum Gasteiger partial charge on any atom is 0.161 e. The fraction of sp³-hybridized carbons (Fsp3) is 0.417. The molecule has 0 spiro atoms. The fourth-order valence-corrected chi connectivity index (χ4v) is 1.51. The summed E-state index contributed by atoms with van der Waals surface area (Å²) in [5.74, 6) is -0.182. The minimum absolute atomic E-state index is 0.182. The van der Waals surface area contributed by atoms with E-state index in [4.69, 9.17) is 5.73 Å². The van der Waals surface area contributed by atoms with Gasteiger partial charge < -0.3 is 26.4 Å². The maximum atomic E-state index is 11.3. The maximum absolute atomic E-state index is 11.3. The van der Waals surface area contributed by atoms with Gasteiger partial charge in [-0.1, -0.05) is 0 Å². The highest BCUT2D eigenvalue weighted by Crippen LogP contribution is 2.21. The van der Waals surface area contributed by atoms with Crippen LogP contribution in [-0.4, -0.2) is 46.5 Å². The van der Waals surface area contributed by atoms with E-state index in [-0.39, 0.29) is 5.78 Å². The largest absolute Gasteiger partial charge is 0.398 e. The van der Waals surface area contributed by atoms with Gasteiger partial charge in [0.25, 0.3) is 0 Å². The number of nitrogens with one attached hydrogen (secondary N) is 1. The highest BCUT2D eigenvalue weighted by molar-refractivity contribution is 6.00. The van der Waals surface area contributed by atoms with Crippen LogP contribution in [0.3, 0.4) is 0 Å². The summed E-state index contributed by atoms with van der Waals surface area (Å²) in [4.78, 5) is 11.3. The Balaban J connectivity index is 3.04. The Labute approximate surface area is 105 Å². The Morgan fingerprint density at radius 1 is 1.28 bits per heavy atom. The van der Waals surface area contributed by atoms with Crippen LogP contribution < -0.4 is 11.1 Å². The molecule has 18 heavy (non-hydrogen) atoms. The predicted molar refractivity (Wildman–Crippen MR) is 68.5 cm³/mol. The molecule has 0 aliphatic carbocycles. The highest BCUT2D eigenvalue weighted by Gasteiger charge is 2.27. The second-order valence-electron chi connectivity index (χ2n) is 4.24. The second-order valence-corrected chi connectivity index (χ2v) is 4.24. The van der Waals surface area contributed by atoms with Gasteiger partial charge in [0.15, 0.2) is 5.78 Å². The van der Waals surface area contributed by atoms with Crippen molar-refractivity contribution in [3.8, 4) is 0 Å². The number of aliphatic hydroxyl groups is 3. The van der Waals surface area contributed by atoms with Crippen LogP contribution in [0.25, 0.3) is 0 Å². The third kappa shape index (κ3) is 2.98. The number of anilines is 2. The van der Waals surface area contributed by atoms with Gasteiger partial charge in [0.2, 0.25) is 0 Å². The third-order valence-corrected chi connectivity index (χ3v) is 2.75. The average Bonchev–Trinajstić information content (AvgIpc) is 2.38. The number of carbonyl (C=O) groups is 1. The minimum atomic E-state index is -1.23. The standard InChI is InChI=1S/C12H18N2O4/c1-8(18)10-4-9(2-3-11(10)13)14-12(5-15,6-16)7-17/h2-4,14-17H,5-7,13H2,1H3. The van der Waals surface area contributed by atoms with Crippen molar-refractivity contribution in [2.45, 2.75) is 12.5 Å². The van der Waals surface area contributed by atoms with E-state index in [0.717, 1.165) is 0 Å². The molecule has 0 saturated carbocycles. The monoisotopic (exact) mass is 254 g/mol. The van der Waals surface area contributed by atoms with Crippen molar-refractivity contribution in [2.24, 2.45) is 0 Å². The van der Waals surface area contributed by atoms with Gasteiger partial charge in [-0.15, -0.1) is 0 Å². The Hall–Kier alpha value is -1.63. The van der Waals surface area contributed by atoms with E-state index in [0.29, 0.717) is 16.9 Å². The third-order valence-electron chi connectivity index (χ3n) is 2.75. The number of carbonyl (C=O) groups excluding carboxylic acids is 1. The smallest absolute Gasteiger partial charge is 0.161 e. The van der Waals surface area contributed by atoms with Crippen LogP contribution in [0.15, 0.2) is 18.2 Å². The second kappa shape index (κ2) is 5.81. The molecule has 6 N–H and O–H groups in total. The van der Waals surface area contributed by atoms with Gasteiger partial charge in [0.05, 0.1) is 19.8 Å². The number of benzene rings is 1. The molecule has 0 radical (unpaired) electrons. The Kier molecular flexibility index (Phi) is 4.66. The summed E-state index contributed by atoms with van der Waals surface area (Å²) in [6, 6.07) is 4.68. The van der Waals surface area contributed by atoms with Gasteiger partial charge in [-0.05, 0) is 25.1 Å². The Bertz CT molecular complexity index is 422. The first kappa shape index (κ1) is 14.4. The van der Waals surface area contributed by atoms with Crippen molar-refractivity contribution in [3.05, 3.63) is 23.8 Å². The molecule has 6 nitrogen and oxygen atoms in total. The molecule has 0 fully saturated rings. The van der Waals surface area contributed by atoms with Gasteiger partial charge in [0, 0.05) is 16.9 Å². The number of ketones is 1. The summed E-state index contributed by atoms with van der Waals surface area (Å²) < 4.78 is 0. The summed E-state index contributed by atoms with van der Waals surface area (Å²) in [5.41, 5.74) is 5.62. The van der Waals surface area contributed by atoms with Gasteiger partial charge in [-0.25, -0.2) is 0 Å². The summed E-state index contributed by atoms with van der Waals surface area (Å²) in [6.45, 7) is 0.0617. The molecule has 0 unspecified atom stereocenters. The molecular weight excluding hydrogens is 236 g/mol. The lowest BCUT2D eigenvalue weighted by molar-refractivity contribution is 0.0834. The SMILES string of the molecule is CC(=O)c1cc(NC(CO)(CO)CO)ccc1N. The topological polar surface area (TPSA) is 116 Å². The lowest BCUT2D eigenvalue weighted by atomic mass is 10.0. The van der Waals surface area contributed by atoms with Crippen molar-refractivity contribution in [1.82, 2.24) is 0 Å². The zero-order chi connectivity index (χ0) is 13.8. The first-order valence-electron chi connectivity index (χ1n) is 5.49. The summed E-state index contributed by atoms with van der Waals surface area (Å²) in [5, 5.41) is 30.4. The van der Waals surface area contributed by atoms with E-state index in [2.05, 4.69) is 5.32 Å². The molecule has 0 saturated heterocycles. The first-order chi connectivity index (χ1) is 8.48. The molecule has 0 heterocycles. The molecule has 0 amide bonds.